The zero-order chi connectivity index (χ0) is 18.2. The molecule has 0 fully saturated rings. The topological polar surface area (TPSA) is 92.6 Å². The first-order valence-electron chi connectivity index (χ1n) is 7.00. The molecule has 7 nitrogen and oxygen atoms in total. The van der Waals surface area contributed by atoms with E-state index in [1.54, 1.807) is 31.3 Å². The summed E-state index contributed by atoms with van der Waals surface area (Å²) in [5.74, 6) is -1.43. The van der Waals surface area contributed by atoms with Gasteiger partial charge in [0.1, 0.15) is 17.2 Å². The van der Waals surface area contributed by atoms with Crippen molar-refractivity contribution in [1.29, 1.82) is 0 Å². The number of hydrazine groups is 1. The van der Waals surface area contributed by atoms with Gasteiger partial charge in [0.2, 0.25) is 0 Å². The molecule has 2 heterocycles. The van der Waals surface area contributed by atoms with E-state index in [0.29, 0.717) is 11.3 Å². The molecule has 10 heteroatoms. The van der Waals surface area contributed by atoms with Crippen LogP contribution in [0.15, 0.2) is 47.5 Å². The molecule has 3 rings (SSSR count). The number of pyridine rings is 1. The van der Waals surface area contributed by atoms with Crippen molar-refractivity contribution in [2.45, 2.75) is 11.8 Å². The number of halogens is 2. The summed E-state index contributed by atoms with van der Waals surface area (Å²) in [5.41, 5.74) is 3.30. The second-order valence-corrected chi connectivity index (χ2v) is 7.20. The molecule has 130 valence electrons. The first kappa shape index (κ1) is 17.3. The monoisotopic (exact) mass is 382 g/mol. The van der Waals surface area contributed by atoms with Crippen LogP contribution in [-0.2, 0) is 10.0 Å². The van der Waals surface area contributed by atoms with Crippen LogP contribution in [0, 0.1) is 12.7 Å². The molecule has 0 aliphatic heterocycles. The van der Waals surface area contributed by atoms with Crippen LogP contribution in [0.3, 0.4) is 0 Å². The summed E-state index contributed by atoms with van der Waals surface area (Å²) < 4.78 is 39.1. The fourth-order valence-electron chi connectivity index (χ4n) is 2.26. The Morgan fingerprint density at radius 1 is 1.28 bits per heavy atom. The summed E-state index contributed by atoms with van der Waals surface area (Å²) in [4.78, 5) is 18.2. The SMILES string of the molecule is Cc1nc2ccccn2c1C(=O)NNS(=O)(=O)c1ccc(F)c(Cl)c1. The molecule has 0 unspecified atom stereocenters. The van der Waals surface area contributed by atoms with E-state index in [4.69, 9.17) is 11.6 Å². The van der Waals surface area contributed by atoms with Crippen LogP contribution in [0.25, 0.3) is 5.65 Å². The third kappa shape index (κ3) is 3.34. The van der Waals surface area contributed by atoms with Crippen molar-refractivity contribution in [3.05, 3.63) is 64.8 Å². The minimum Gasteiger partial charge on any atom is -0.295 e. The Morgan fingerprint density at radius 2 is 2.04 bits per heavy atom. The van der Waals surface area contributed by atoms with E-state index in [0.717, 1.165) is 18.2 Å². The number of amides is 1. The minimum absolute atomic E-state index is 0.190. The third-order valence-electron chi connectivity index (χ3n) is 3.42. The van der Waals surface area contributed by atoms with Gasteiger partial charge in [0.15, 0.2) is 0 Å². The lowest BCUT2D eigenvalue weighted by molar-refractivity contribution is 0.0938. The molecule has 0 saturated carbocycles. The summed E-state index contributed by atoms with van der Waals surface area (Å²) in [6.07, 6.45) is 1.64. The summed E-state index contributed by atoms with van der Waals surface area (Å²) in [6.45, 7) is 1.64. The van der Waals surface area contributed by atoms with E-state index < -0.39 is 21.7 Å². The Kier molecular flexibility index (Phi) is 4.46. The summed E-state index contributed by atoms with van der Waals surface area (Å²) >= 11 is 5.58. The molecule has 0 atom stereocenters. The number of hydrogen-bond acceptors (Lipinski definition) is 4. The van der Waals surface area contributed by atoms with Crippen LogP contribution in [0.5, 0.6) is 0 Å². The zero-order valence-electron chi connectivity index (χ0n) is 12.8. The molecular formula is C15H12ClFN4O3S. The van der Waals surface area contributed by atoms with Crippen molar-refractivity contribution in [3.8, 4) is 0 Å². The molecule has 2 N–H and O–H groups in total. The molecule has 0 aliphatic rings. The van der Waals surface area contributed by atoms with Crippen LogP contribution < -0.4 is 10.3 Å². The normalized spacial score (nSPS) is 11.6. The molecule has 25 heavy (non-hydrogen) atoms. The van der Waals surface area contributed by atoms with Gasteiger partial charge in [-0.15, -0.1) is 4.83 Å². The summed E-state index contributed by atoms with van der Waals surface area (Å²) in [6, 6.07) is 8.11. The molecule has 0 saturated heterocycles. The first-order chi connectivity index (χ1) is 11.8. The molecule has 0 bridgehead atoms. The number of sulfonamides is 1. The molecule has 0 aliphatic carbocycles. The van der Waals surface area contributed by atoms with Crippen LogP contribution >= 0.6 is 11.6 Å². The number of hydrogen-bond donors (Lipinski definition) is 2. The maximum atomic E-state index is 13.2. The fourth-order valence-corrected chi connectivity index (χ4v) is 3.37. The van der Waals surface area contributed by atoms with E-state index in [1.807, 2.05) is 4.83 Å². The van der Waals surface area contributed by atoms with Gasteiger partial charge in [-0.1, -0.05) is 17.7 Å². The number of nitrogens with one attached hydrogen (secondary N) is 2. The maximum Gasteiger partial charge on any atom is 0.285 e. The lowest BCUT2D eigenvalue weighted by Gasteiger charge is -2.09. The van der Waals surface area contributed by atoms with Gasteiger partial charge in [0.05, 0.1) is 15.6 Å². The number of nitrogens with zero attached hydrogens (tertiary/aromatic N) is 2. The average molecular weight is 383 g/mol. The Labute approximate surface area is 147 Å². The van der Waals surface area contributed by atoms with Gasteiger partial charge >= 0.3 is 0 Å². The third-order valence-corrected chi connectivity index (χ3v) is 4.95. The smallest absolute Gasteiger partial charge is 0.285 e. The van der Waals surface area contributed by atoms with Crippen molar-refractivity contribution in [2.24, 2.45) is 0 Å². The lowest BCUT2D eigenvalue weighted by atomic mass is 10.3. The summed E-state index contributed by atoms with van der Waals surface area (Å²) in [7, 11) is -4.11. The van der Waals surface area contributed by atoms with Crippen molar-refractivity contribution in [1.82, 2.24) is 19.6 Å². The Bertz CT molecular complexity index is 1080. The van der Waals surface area contributed by atoms with Gasteiger partial charge in [0, 0.05) is 6.20 Å². The van der Waals surface area contributed by atoms with Crippen LogP contribution in [0.1, 0.15) is 16.2 Å². The van der Waals surface area contributed by atoms with Gasteiger partial charge in [-0.3, -0.25) is 14.6 Å². The van der Waals surface area contributed by atoms with E-state index in [2.05, 4.69) is 10.4 Å². The number of benzene rings is 1. The number of rotatable bonds is 4. The van der Waals surface area contributed by atoms with E-state index in [9.17, 15) is 17.6 Å². The van der Waals surface area contributed by atoms with E-state index in [1.165, 1.54) is 4.40 Å². The van der Waals surface area contributed by atoms with Crippen LogP contribution in [0.4, 0.5) is 4.39 Å². The van der Waals surface area contributed by atoms with Crippen molar-refractivity contribution >= 4 is 33.2 Å². The molecule has 3 aromatic rings. The molecule has 1 amide bonds. The number of carbonyl (C=O) groups excluding carboxylic acids is 1. The highest BCUT2D eigenvalue weighted by Crippen LogP contribution is 2.19. The molecular weight excluding hydrogens is 371 g/mol. The lowest BCUT2D eigenvalue weighted by Crippen LogP contribution is -2.42. The van der Waals surface area contributed by atoms with Crippen molar-refractivity contribution in [3.63, 3.8) is 0 Å². The number of aryl methyl sites for hydroxylation is 1. The molecule has 0 spiro atoms. The highest BCUT2D eigenvalue weighted by Gasteiger charge is 2.20. The maximum absolute atomic E-state index is 13.2. The number of aromatic nitrogens is 2. The van der Waals surface area contributed by atoms with Crippen molar-refractivity contribution < 1.29 is 17.6 Å². The predicted octanol–water partition coefficient (Wildman–Crippen LogP) is 2.06. The standard InChI is InChI=1S/C15H12ClFN4O3S/c1-9-14(21-7-3-2-4-13(21)18-9)15(22)19-20-25(23,24)10-5-6-12(17)11(16)8-10/h2-8,20H,1H3,(H,19,22). The van der Waals surface area contributed by atoms with E-state index >= 15 is 0 Å². The quantitative estimate of drug-likeness (QED) is 0.675. The Morgan fingerprint density at radius 3 is 2.76 bits per heavy atom. The van der Waals surface area contributed by atoms with Crippen LogP contribution in [-0.4, -0.2) is 23.7 Å². The highest BCUT2D eigenvalue weighted by molar-refractivity contribution is 7.89. The van der Waals surface area contributed by atoms with Gasteiger partial charge in [-0.05, 0) is 37.3 Å². The van der Waals surface area contributed by atoms with Crippen molar-refractivity contribution in [2.75, 3.05) is 0 Å². The van der Waals surface area contributed by atoms with Gasteiger partial charge < -0.3 is 0 Å². The second-order valence-electron chi connectivity index (χ2n) is 5.11. The minimum atomic E-state index is -4.11. The van der Waals surface area contributed by atoms with E-state index in [-0.39, 0.29) is 15.6 Å². The van der Waals surface area contributed by atoms with Gasteiger partial charge in [0.25, 0.3) is 15.9 Å². The second kappa shape index (κ2) is 6.43. The average Bonchev–Trinajstić information content (AvgIpc) is 2.91. The predicted molar refractivity (Wildman–Crippen MR) is 89.1 cm³/mol. The number of imidazole rings is 1. The highest BCUT2D eigenvalue weighted by atomic mass is 35.5. The Hall–Kier alpha value is -2.49. The van der Waals surface area contributed by atoms with Gasteiger partial charge in [-0.2, -0.15) is 0 Å². The first-order valence-corrected chi connectivity index (χ1v) is 8.86. The molecule has 2 aromatic heterocycles. The summed E-state index contributed by atoms with van der Waals surface area (Å²) in [5, 5.41) is -0.341. The number of carbonyl (C=O) groups is 1. The largest absolute Gasteiger partial charge is 0.295 e. The fraction of sp³-hybridized carbons (Fsp3) is 0.0667. The van der Waals surface area contributed by atoms with Gasteiger partial charge in [-0.25, -0.2) is 17.8 Å². The Balaban J connectivity index is 1.83. The molecule has 1 aromatic carbocycles. The van der Waals surface area contributed by atoms with Crippen LogP contribution in [0.2, 0.25) is 5.02 Å². The zero-order valence-corrected chi connectivity index (χ0v) is 14.4. The molecule has 0 radical (unpaired) electrons. The number of fused-ring (bicyclic) bond motifs is 1.